The number of nitrogens with two attached hydrogens (primary N) is 1. The number of nitrogens with zero attached hydrogens (tertiary/aromatic N) is 3. The SMILES string of the molecule is C[C@H]1C[C@@H](c2nc(-c3ccc(Oc4ccccc4)cc3)c3c(N)nccn32)C1. The van der Waals surface area contributed by atoms with E-state index in [-0.39, 0.29) is 0 Å². The second kappa shape index (κ2) is 6.68. The van der Waals surface area contributed by atoms with Gasteiger partial charge in [-0.25, -0.2) is 9.97 Å². The van der Waals surface area contributed by atoms with Gasteiger partial charge in [-0.15, -0.1) is 0 Å². The Morgan fingerprint density at radius 1 is 1.00 bits per heavy atom. The van der Waals surface area contributed by atoms with Crippen molar-refractivity contribution >= 4 is 11.3 Å². The number of hydrogen-bond acceptors (Lipinski definition) is 4. The monoisotopic (exact) mass is 370 g/mol. The summed E-state index contributed by atoms with van der Waals surface area (Å²) in [6, 6.07) is 17.7. The van der Waals surface area contributed by atoms with Crippen LogP contribution in [0.5, 0.6) is 11.5 Å². The molecule has 5 heteroatoms. The summed E-state index contributed by atoms with van der Waals surface area (Å²) in [7, 11) is 0. The van der Waals surface area contributed by atoms with Crippen molar-refractivity contribution in [3.8, 4) is 22.8 Å². The van der Waals surface area contributed by atoms with Crippen molar-refractivity contribution in [1.82, 2.24) is 14.4 Å². The van der Waals surface area contributed by atoms with Gasteiger partial charge < -0.3 is 10.5 Å². The van der Waals surface area contributed by atoms with Crippen LogP contribution in [-0.2, 0) is 0 Å². The molecule has 1 aliphatic rings. The van der Waals surface area contributed by atoms with E-state index in [1.165, 1.54) is 12.8 Å². The molecule has 0 atom stereocenters. The van der Waals surface area contributed by atoms with Gasteiger partial charge in [-0.2, -0.15) is 0 Å². The highest BCUT2D eigenvalue weighted by atomic mass is 16.5. The first kappa shape index (κ1) is 16.8. The largest absolute Gasteiger partial charge is 0.457 e. The third-order valence-electron chi connectivity index (χ3n) is 5.46. The summed E-state index contributed by atoms with van der Waals surface area (Å²) >= 11 is 0. The number of ether oxygens (including phenoxy) is 1. The fourth-order valence-electron chi connectivity index (χ4n) is 3.99. The zero-order chi connectivity index (χ0) is 19.1. The fourth-order valence-corrected chi connectivity index (χ4v) is 3.99. The van der Waals surface area contributed by atoms with Crippen LogP contribution in [0.15, 0.2) is 67.0 Å². The van der Waals surface area contributed by atoms with E-state index in [1.54, 1.807) is 6.20 Å². The molecule has 2 aromatic heterocycles. The van der Waals surface area contributed by atoms with Gasteiger partial charge in [0.2, 0.25) is 0 Å². The molecule has 0 amide bonds. The maximum Gasteiger partial charge on any atom is 0.150 e. The van der Waals surface area contributed by atoms with Crippen molar-refractivity contribution in [2.75, 3.05) is 5.73 Å². The fraction of sp³-hybridized carbons (Fsp3) is 0.217. The Labute approximate surface area is 163 Å². The second-order valence-corrected chi connectivity index (χ2v) is 7.56. The Hall–Kier alpha value is -3.34. The van der Waals surface area contributed by atoms with E-state index in [9.17, 15) is 0 Å². The first-order chi connectivity index (χ1) is 13.7. The van der Waals surface area contributed by atoms with Gasteiger partial charge in [0.05, 0.1) is 0 Å². The number of anilines is 1. The summed E-state index contributed by atoms with van der Waals surface area (Å²) in [5, 5.41) is 0. The Bertz CT molecular complexity index is 1110. The van der Waals surface area contributed by atoms with Crippen LogP contribution < -0.4 is 10.5 Å². The third kappa shape index (κ3) is 2.89. The zero-order valence-corrected chi connectivity index (χ0v) is 15.7. The summed E-state index contributed by atoms with van der Waals surface area (Å²) in [6.45, 7) is 2.29. The number of imidazole rings is 1. The smallest absolute Gasteiger partial charge is 0.150 e. The second-order valence-electron chi connectivity index (χ2n) is 7.56. The van der Waals surface area contributed by atoms with Gasteiger partial charge in [0.15, 0.2) is 0 Å². The van der Waals surface area contributed by atoms with E-state index in [1.807, 2.05) is 60.8 Å². The minimum absolute atomic E-state index is 0.485. The molecule has 4 aromatic rings. The summed E-state index contributed by atoms with van der Waals surface area (Å²) in [6.07, 6.45) is 6.05. The summed E-state index contributed by atoms with van der Waals surface area (Å²) in [5.41, 5.74) is 9.00. The average Bonchev–Trinajstić information content (AvgIpc) is 3.07. The van der Waals surface area contributed by atoms with E-state index in [0.717, 1.165) is 40.0 Å². The number of benzene rings is 2. The minimum atomic E-state index is 0.485. The van der Waals surface area contributed by atoms with E-state index >= 15 is 0 Å². The van der Waals surface area contributed by atoms with Crippen molar-refractivity contribution in [2.45, 2.75) is 25.7 Å². The van der Waals surface area contributed by atoms with Crippen molar-refractivity contribution in [3.05, 3.63) is 72.8 Å². The van der Waals surface area contributed by atoms with Crippen molar-refractivity contribution in [2.24, 2.45) is 5.92 Å². The molecule has 0 aliphatic heterocycles. The minimum Gasteiger partial charge on any atom is -0.457 e. The van der Waals surface area contributed by atoms with Gasteiger partial charge in [-0.3, -0.25) is 4.40 Å². The Morgan fingerprint density at radius 2 is 1.71 bits per heavy atom. The predicted molar refractivity (Wildman–Crippen MR) is 110 cm³/mol. The number of hydrogen-bond donors (Lipinski definition) is 1. The summed E-state index contributed by atoms with van der Waals surface area (Å²) in [5.74, 6) is 4.44. The van der Waals surface area contributed by atoms with Crippen LogP contribution in [0.2, 0.25) is 0 Å². The molecule has 0 radical (unpaired) electrons. The van der Waals surface area contributed by atoms with E-state index in [4.69, 9.17) is 15.5 Å². The highest BCUT2D eigenvalue weighted by Gasteiger charge is 2.31. The molecule has 0 saturated heterocycles. The van der Waals surface area contributed by atoms with E-state index in [0.29, 0.717) is 11.7 Å². The third-order valence-corrected chi connectivity index (χ3v) is 5.46. The van der Waals surface area contributed by atoms with Crippen LogP contribution in [0, 0.1) is 5.92 Å². The van der Waals surface area contributed by atoms with Gasteiger partial charge in [0.25, 0.3) is 0 Å². The Kier molecular flexibility index (Phi) is 4.01. The van der Waals surface area contributed by atoms with Crippen LogP contribution in [0.4, 0.5) is 5.82 Å². The van der Waals surface area contributed by atoms with Crippen LogP contribution in [0.1, 0.15) is 31.5 Å². The molecule has 140 valence electrons. The van der Waals surface area contributed by atoms with E-state index < -0.39 is 0 Å². The van der Waals surface area contributed by atoms with Crippen LogP contribution in [-0.4, -0.2) is 14.4 Å². The van der Waals surface area contributed by atoms with Gasteiger partial charge >= 0.3 is 0 Å². The van der Waals surface area contributed by atoms with Crippen molar-refractivity contribution < 1.29 is 4.74 Å². The van der Waals surface area contributed by atoms with Gasteiger partial charge in [0, 0.05) is 23.9 Å². The topological polar surface area (TPSA) is 65.4 Å². The Balaban J connectivity index is 1.52. The average molecular weight is 370 g/mol. The molecule has 28 heavy (non-hydrogen) atoms. The molecule has 0 unspecified atom stereocenters. The molecule has 0 spiro atoms. The van der Waals surface area contributed by atoms with Crippen molar-refractivity contribution in [3.63, 3.8) is 0 Å². The molecule has 0 bridgehead atoms. The standard InChI is InChI=1S/C23H22N4O/c1-15-13-17(14-15)23-26-20(21-22(24)25-11-12-27(21)23)16-7-9-19(10-8-16)28-18-5-3-2-4-6-18/h2-12,15,17H,13-14H2,1H3,(H2,24,25)/t15-,17+. The number of fused-ring (bicyclic) bond motifs is 1. The van der Waals surface area contributed by atoms with Gasteiger partial charge in [-0.05, 0) is 55.2 Å². The quantitative estimate of drug-likeness (QED) is 0.530. The van der Waals surface area contributed by atoms with Gasteiger partial charge in [0.1, 0.15) is 34.4 Å². The molecule has 1 aliphatic carbocycles. The lowest BCUT2D eigenvalue weighted by Gasteiger charge is -2.31. The number of para-hydroxylation sites is 1. The van der Waals surface area contributed by atoms with E-state index in [2.05, 4.69) is 16.3 Å². The Morgan fingerprint density at radius 3 is 2.43 bits per heavy atom. The lowest BCUT2D eigenvalue weighted by atomic mass is 9.76. The number of rotatable bonds is 4. The molecule has 2 heterocycles. The summed E-state index contributed by atoms with van der Waals surface area (Å²) < 4.78 is 8.01. The first-order valence-electron chi connectivity index (χ1n) is 9.65. The van der Waals surface area contributed by atoms with Crippen LogP contribution >= 0.6 is 0 Å². The van der Waals surface area contributed by atoms with Gasteiger partial charge in [-0.1, -0.05) is 25.1 Å². The van der Waals surface area contributed by atoms with Crippen LogP contribution in [0.25, 0.3) is 16.8 Å². The maximum atomic E-state index is 6.23. The molecular formula is C23H22N4O. The molecule has 5 nitrogen and oxygen atoms in total. The molecular weight excluding hydrogens is 348 g/mol. The molecule has 5 rings (SSSR count). The number of nitrogen functional groups attached to an aromatic ring is 1. The molecule has 1 fully saturated rings. The molecule has 1 saturated carbocycles. The highest BCUT2D eigenvalue weighted by molar-refractivity contribution is 5.85. The summed E-state index contributed by atoms with van der Waals surface area (Å²) in [4.78, 5) is 9.28. The number of aromatic nitrogens is 3. The highest BCUT2D eigenvalue weighted by Crippen LogP contribution is 2.42. The van der Waals surface area contributed by atoms with Crippen molar-refractivity contribution in [1.29, 1.82) is 0 Å². The lowest BCUT2D eigenvalue weighted by Crippen LogP contribution is -2.21. The molecule has 2 aromatic carbocycles. The molecule has 2 N–H and O–H groups in total. The van der Waals surface area contributed by atoms with Crippen LogP contribution in [0.3, 0.4) is 0 Å². The predicted octanol–water partition coefficient (Wildman–Crippen LogP) is 5.28. The lowest BCUT2D eigenvalue weighted by molar-refractivity contribution is 0.277. The normalized spacial score (nSPS) is 18.8. The first-order valence-corrected chi connectivity index (χ1v) is 9.65. The maximum absolute atomic E-state index is 6.23. The zero-order valence-electron chi connectivity index (χ0n) is 15.7.